The molecule has 2 rings (SSSR count). The fourth-order valence-corrected chi connectivity index (χ4v) is 1.74. The Labute approximate surface area is 109 Å². The molecule has 94 valence electrons. The lowest BCUT2D eigenvalue weighted by molar-refractivity contribution is 0.185. The van der Waals surface area contributed by atoms with Gasteiger partial charge in [0, 0.05) is 7.11 Å². The number of benzene rings is 2. The zero-order chi connectivity index (χ0) is 14.8. The molecule has 3 heteroatoms. The molecular weight excluding hydrogens is 228 g/mol. The second-order valence-electron chi connectivity index (χ2n) is 3.76. The van der Waals surface area contributed by atoms with E-state index in [2.05, 4.69) is 0 Å². The van der Waals surface area contributed by atoms with Gasteiger partial charge in [-0.05, 0) is 41.0 Å². The molecule has 18 heavy (non-hydrogen) atoms. The number of rotatable bonds is 4. The maximum absolute atomic E-state index is 9.34. The Hall–Kier alpha value is -2.00. The second-order valence-corrected chi connectivity index (χ2v) is 3.76. The van der Waals surface area contributed by atoms with E-state index in [0.717, 1.165) is 5.56 Å². The zero-order valence-electron chi connectivity index (χ0n) is 12.3. The summed E-state index contributed by atoms with van der Waals surface area (Å²) in [5.41, 5.74) is 1.86. The van der Waals surface area contributed by atoms with E-state index in [9.17, 15) is 5.11 Å². The lowest BCUT2D eigenvalue weighted by Gasteiger charge is -2.11. The van der Waals surface area contributed by atoms with Crippen LogP contribution in [0.15, 0.2) is 42.5 Å². The first kappa shape index (κ1) is 9.97. The van der Waals surface area contributed by atoms with Crippen LogP contribution in [-0.2, 0) is 11.3 Å². The SMILES string of the molecule is [2H]C([2H])(OC)c1cc(OC)ccc1-c1ccc(O)cc1. The average molecular weight is 246 g/mol. The number of hydrogen-bond donors (Lipinski definition) is 1. The zero-order valence-corrected chi connectivity index (χ0v) is 10.3. The molecule has 0 aliphatic heterocycles. The van der Waals surface area contributed by atoms with Crippen LogP contribution in [-0.4, -0.2) is 19.3 Å². The molecule has 0 aliphatic rings. The largest absolute Gasteiger partial charge is 0.508 e. The molecule has 0 radical (unpaired) electrons. The van der Waals surface area contributed by atoms with E-state index >= 15 is 0 Å². The van der Waals surface area contributed by atoms with E-state index in [0.29, 0.717) is 16.9 Å². The number of aromatic hydroxyl groups is 1. The first-order chi connectivity index (χ1) is 9.47. The Balaban J connectivity index is 2.60. The monoisotopic (exact) mass is 246 g/mol. The Kier molecular flexibility index (Phi) is 3.08. The standard InChI is InChI=1S/C15H16O3/c1-17-10-12-9-14(18-2)7-8-15(12)11-3-5-13(16)6-4-11/h3-9,16H,10H2,1-2H3/i10D2. The minimum atomic E-state index is -1.93. The first-order valence-electron chi connectivity index (χ1n) is 6.51. The van der Waals surface area contributed by atoms with Crippen LogP contribution in [0, 0.1) is 0 Å². The molecule has 0 heterocycles. The normalized spacial score (nSPS) is 12.8. The average Bonchev–Trinajstić information content (AvgIpc) is 2.47. The van der Waals surface area contributed by atoms with Gasteiger partial charge in [-0.2, -0.15) is 0 Å². The summed E-state index contributed by atoms with van der Waals surface area (Å²) in [7, 11) is 2.85. The molecule has 0 amide bonds. The van der Waals surface area contributed by atoms with Gasteiger partial charge < -0.3 is 14.6 Å². The molecule has 0 saturated carbocycles. The predicted molar refractivity (Wildman–Crippen MR) is 70.8 cm³/mol. The van der Waals surface area contributed by atoms with E-state index in [-0.39, 0.29) is 5.75 Å². The third-order valence-corrected chi connectivity index (χ3v) is 2.62. The highest BCUT2D eigenvalue weighted by atomic mass is 16.5. The fourth-order valence-electron chi connectivity index (χ4n) is 1.74. The van der Waals surface area contributed by atoms with Gasteiger partial charge >= 0.3 is 0 Å². The van der Waals surface area contributed by atoms with Gasteiger partial charge in [-0.15, -0.1) is 0 Å². The molecule has 0 atom stereocenters. The highest BCUT2D eigenvalue weighted by molar-refractivity contribution is 5.68. The Bertz CT molecular complexity index is 595. The highest BCUT2D eigenvalue weighted by Crippen LogP contribution is 2.29. The van der Waals surface area contributed by atoms with Gasteiger partial charge in [0.25, 0.3) is 0 Å². The van der Waals surface area contributed by atoms with Gasteiger partial charge in [0.05, 0.1) is 16.4 Å². The smallest absolute Gasteiger partial charge is 0.119 e. The molecule has 0 spiro atoms. The fraction of sp³-hybridized carbons (Fsp3) is 0.200. The number of hydrogen-bond acceptors (Lipinski definition) is 3. The summed E-state index contributed by atoms with van der Waals surface area (Å²) in [6.45, 7) is -1.93. The molecule has 3 nitrogen and oxygen atoms in total. The maximum Gasteiger partial charge on any atom is 0.119 e. The van der Waals surface area contributed by atoms with E-state index in [1.807, 2.05) is 0 Å². The van der Waals surface area contributed by atoms with E-state index in [1.54, 1.807) is 42.5 Å². The maximum atomic E-state index is 9.34. The highest BCUT2D eigenvalue weighted by Gasteiger charge is 2.06. The van der Waals surface area contributed by atoms with Crippen molar-refractivity contribution in [2.45, 2.75) is 6.56 Å². The van der Waals surface area contributed by atoms with Crippen LogP contribution in [0.3, 0.4) is 0 Å². The molecular formula is C15H16O3. The van der Waals surface area contributed by atoms with Crippen molar-refractivity contribution >= 4 is 0 Å². The number of ether oxygens (including phenoxy) is 2. The number of phenols is 1. The third-order valence-electron chi connectivity index (χ3n) is 2.62. The molecule has 0 fully saturated rings. The molecule has 0 aromatic heterocycles. The second kappa shape index (κ2) is 5.56. The van der Waals surface area contributed by atoms with E-state index in [4.69, 9.17) is 12.2 Å². The predicted octanol–water partition coefficient (Wildman–Crippen LogP) is 3.21. The number of methoxy groups -OCH3 is 2. The summed E-state index contributed by atoms with van der Waals surface area (Å²) in [6, 6.07) is 11.7. The summed E-state index contributed by atoms with van der Waals surface area (Å²) in [5, 5.41) is 9.34. The van der Waals surface area contributed by atoms with Crippen LogP contribution < -0.4 is 4.74 Å². The lowest BCUT2D eigenvalue weighted by Crippen LogP contribution is -1.94. The molecule has 0 unspecified atom stereocenters. The van der Waals surface area contributed by atoms with Crippen molar-refractivity contribution in [2.75, 3.05) is 14.2 Å². The molecule has 0 aliphatic carbocycles. The van der Waals surface area contributed by atoms with Crippen LogP contribution in [0.5, 0.6) is 11.5 Å². The minimum absolute atomic E-state index is 0.165. The lowest BCUT2D eigenvalue weighted by atomic mass is 9.99. The van der Waals surface area contributed by atoms with Crippen molar-refractivity contribution in [3.63, 3.8) is 0 Å². The van der Waals surface area contributed by atoms with Crippen LogP contribution in [0.1, 0.15) is 8.30 Å². The topological polar surface area (TPSA) is 38.7 Å². The van der Waals surface area contributed by atoms with Gasteiger partial charge in [0.2, 0.25) is 0 Å². The number of phenolic OH excluding ortho intramolecular Hbond substituents is 1. The van der Waals surface area contributed by atoms with Gasteiger partial charge in [-0.3, -0.25) is 0 Å². The van der Waals surface area contributed by atoms with Gasteiger partial charge in [0.1, 0.15) is 11.5 Å². The Morgan fingerprint density at radius 3 is 2.44 bits per heavy atom. The summed E-state index contributed by atoms with van der Waals surface area (Å²) < 4.78 is 26.0. The summed E-state index contributed by atoms with van der Waals surface area (Å²) in [4.78, 5) is 0. The van der Waals surface area contributed by atoms with Crippen LogP contribution in [0.4, 0.5) is 0 Å². The third kappa shape index (κ3) is 2.63. The summed E-state index contributed by atoms with van der Waals surface area (Å²) in [5.74, 6) is 0.724. The molecule has 2 aromatic carbocycles. The van der Waals surface area contributed by atoms with Crippen LogP contribution >= 0.6 is 0 Å². The van der Waals surface area contributed by atoms with Crippen molar-refractivity contribution in [1.82, 2.24) is 0 Å². The van der Waals surface area contributed by atoms with Crippen LogP contribution in [0.2, 0.25) is 0 Å². The molecule has 2 aromatic rings. The van der Waals surface area contributed by atoms with Crippen LogP contribution in [0.25, 0.3) is 11.1 Å². The molecule has 0 bridgehead atoms. The van der Waals surface area contributed by atoms with E-state index in [1.165, 1.54) is 14.2 Å². The Morgan fingerprint density at radius 2 is 1.83 bits per heavy atom. The Morgan fingerprint density at radius 1 is 1.11 bits per heavy atom. The summed E-state index contributed by atoms with van der Waals surface area (Å²) >= 11 is 0. The van der Waals surface area contributed by atoms with E-state index < -0.39 is 6.56 Å². The van der Waals surface area contributed by atoms with Crippen molar-refractivity contribution < 1.29 is 17.3 Å². The molecule has 1 N–H and O–H groups in total. The van der Waals surface area contributed by atoms with Gasteiger partial charge in [-0.1, -0.05) is 18.2 Å². The van der Waals surface area contributed by atoms with Gasteiger partial charge in [-0.25, -0.2) is 0 Å². The van der Waals surface area contributed by atoms with Crippen molar-refractivity contribution in [3.8, 4) is 22.6 Å². The van der Waals surface area contributed by atoms with Crippen molar-refractivity contribution in [1.29, 1.82) is 0 Å². The summed E-state index contributed by atoms with van der Waals surface area (Å²) in [6.07, 6.45) is 0. The van der Waals surface area contributed by atoms with Crippen molar-refractivity contribution in [3.05, 3.63) is 48.0 Å². The van der Waals surface area contributed by atoms with Gasteiger partial charge in [0.15, 0.2) is 0 Å². The quantitative estimate of drug-likeness (QED) is 0.900. The first-order valence-corrected chi connectivity index (χ1v) is 5.51. The molecule has 0 saturated heterocycles. The van der Waals surface area contributed by atoms with Crippen molar-refractivity contribution in [2.24, 2.45) is 0 Å². The minimum Gasteiger partial charge on any atom is -0.508 e.